The van der Waals surface area contributed by atoms with Gasteiger partial charge in [0.15, 0.2) is 17.0 Å². The maximum Gasteiger partial charge on any atom is 0.471 e. The van der Waals surface area contributed by atoms with Crippen molar-refractivity contribution in [1.82, 2.24) is 35.9 Å². The average molecular weight is 900 g/mol. The van der Waals surface area contributed by atoms with Gasteiger partial charge in [-0.05, 0) is 50.1 Å². The number of anilines is 2. The molecule has 0 saturated heterocycles. The van der Waals surface area contributed by atoms with Gasteiger partial charge in [-0.25, -0.2) is 19.6 Å². The van der Waals surface area contributed by atoms with Crippen LogP contribution in [0.2, 0.25) is 0 Å². The zero-order valence-electron chi connectivity index (χ0n) is 35.5. The Balaban J connectivity index is 1.28. The second-order valence-corrected chi connectivity index (χ2v) is 14.6. The highest BCUT2D eigenvalue weighted by Crippen LogP contribution is 2.26. The Morgan fingerprint density at radius 3 is 2.17 bits per heavy atom. The summed E-state index contributed by atoms with van der Waals surface area (Å²) in [6.45, 7) is 6.20. The lowest BCUT2D eigenvalue weighted by molar-refractivity contribution is -0.211. The summed E-state index contributed by atoms with van der Waals surface area (Å²) in [5, 5.41) is 10.0. The number of aromatic nitrogens is 4. The molecule has 4 aromatic rings. The van der Waals surface area contributed by atoms with Crippen LogP contribution >= 0.6 is 0 Å². The topological polar surface area (TPSA) is 262 Å². The van der Waals surface area contributed by atoms with Gasteiger partial charge in [-0.2, -0.15) is 18.2 Å². The van der Waals surface area contributed by atoms with Crippen LogP contribution in [0.25, 0.3) is 11.2 Å². The normalized spacial score (nSPS) is 12.0. The third-order valence-electron chi connectivity index (χ3n) is 8.84. The number of hydrogen-bond donors (Lipinski definition) is 5. The Hall–Kier alpha value is -7.01. The van der Waals surface area contributed by atoms with E-state index in [-0.39, 0.29) is 79.8 Å². The molecule has 2 heterocycles. The van der Waals surface area contributed by atoms with E-state index in [2.05, 4.69) is 41.2 Å². The van der Waals surface area contributed by atoms with Crippen molar-refractivity contribution in [2.24, 2.45) is 5.92 Å². The minimum Gasteiger partial charge on any atom is -0.467 e. The third-order valence-corrected chi connectivity index (χ3v) is 8.84. The van der Waals surface area contributed by atoms with Gasteiger partial charge in [0.2, 0.25) is 17.8 Å². The van der Waals surface area contributed by atoms with Crippen LogP contribution < -0.4 is 31.7 Å². The van der Waals surface area contributed by atoms with Crippen LogP contribution in [0.15, 0.2) is 65.6 Å². The molecule has 4 rings (SSSR count). The number of fused-ring (bicyclic) bond motifs is 1. The fraction of sp³-hybridized carbons (Fsp3) is 0.415. The molecule has 2 aromatic carbocycles. The first-order chi connectivity index (χ1) is 30.3. The van der Waals surface area contributed by atoms with Crippen molar-refractivity contribution in [3.05, 3.63) is 88.0 Å². The molecule has 0 saturated carbocycles. The number of nitrogens with one attached hydrogen (secondary N) is 5. The lowest BCUT2D eigenvalue weighted by Crippen LogP contribution is -2.42. The van der Waals surface area contributed by atoms with Gasteiger partial charge < -0.3 is 34.9 Å². The van der Waals surface area contributed by atoms with E-state index >= 15 is 0 Å². The number of halogens is 3. The molecule has 344 valence electrons. The number of benzene rings is 2. The lowest BCUT2D eigenvalue weighted by atomic mass is 10.1. The summed E-state index contributed by atoms with van der Waals surface area (Å²) in [7, 11) is 1.08. The number of amides is 5. The molecule has 0 radical (unpaired) electrons. The fourth-order valence-electron chi connectivity index (χ4n) is 5.49. The number of rotatable bonds is 21. The van der Waals surface area contributed by atoms with E-state index in [1.165, 1.54) is 0 Å². The van der Waals surface area contributed by atoms with Crippen molar-refractivity contribution >= 4 is 58.5 Å². The van der Waals surface area contributed by atoms with Gasteiger partial charge in [-0.1, -0.05) is 44.2 Å². The molecule has 5 N–H and O–H groups in total. The maximum atomic E-state index is 13.8. The Morgan fingerprint density at radius 2 is 1.55 bits per heavy atom. The molecule has 20 nitrogen and oxygen atoms in total. The van der Waals surface area contributed by atoms with Crippen LogP contribution in [0.4, 0.5) is 29.6 Å². The fourth-order valence-corrected chi connectivity index (χ4v) is 5.49. The molecule has 0 aliphatic heterocycles. The van der Waals surface area contributed by atoms with Crippen LogP contribution in [0, 0.1) is 5.92 Å². The first kappa shape index (κ1) is 49.6. The lowest BCUT2D eigenvalue weighted by Gasteiger charge is -2.26. The number of aromatic amines is 1. The van der Waals surface area contributed by atoms with E-state index in [0.29, 0.717) is 4.90 Å². The zero-order valence-corrected chi connectivity index (χ0v) is 35.5. The van der Waals surface area contributed by atoms with E-state index in [1.54, 1.807) is 27.7 Å². The number of alkyl halides is 3. The summed E-state index contributed by atoms with van der Waals surface area (Å²) >= 11 is 0. The molecule has 64 heavy (non-hydrogen) atoms. The number of nitrogens with zero attached hydrogens (tertiary/aromatic N) is 4. The first-order valence-corrected chi connectivity index (χ1v) is 19.7. The summed E-state index contributed by atoms with van der Waals surface area (Å²) in [6.07, 6.45) is -5.36. The number of H-pyrrole nitrogens is 1. The maximum absolute atomic E-state index is 13.8. The van der Waals surface area contributed by atoms with Crippen molar-refractivity contribution in [3.8, 4) is 0 Å². The standard InChI is InChI=1S/C41H48F3N9O11/c1-24(2)33(55)51-38-50-32-31(35(57)52-38)48-27(21-47-32)22-53(37(59)41(42,43)44)28-13-11-26(12-14-28)34(56)49-29(36(58)61-5)15-16-30(54)45-17-19-63-40(3,4)64-20-18-46-39(60)62-23-25-9-7-6-8-10-25/h6-14,21,24,29H,15-20,22-23H2,1-5H3,(H,45,54)(H,46,60)(H,49,56)(H2,47,50,51,52,55,57)/t29-/m1/s1. The Morgan fingerprint density at radius 1 is 0.891 bits per heavy atom. The number of hydrogen-bond acceptors (Lipinski definition) is 14. The molecule has 23 heteroatoms. The molecule has 2 aromatic heterocycles. The van der Waals surface area contributed by atoms with Gasteiger partial charge in [0, 0.05) is 36.7 Å². The molecule has 0 unspecified atom stereocenters. The largest absolute Gasteiger partial charge is 0.471 e. The minimum atomic E-state index is -5.35. The van der Waals surface area contributed by atoms with Gasteiger partial charge >= 0.3 is 24.1 Å². The molecule has 0 aliphatic rings. The van der Waals surface area contributed by atoms with Gasteiger partial charge in [0.05, 0.1) is 38.8 Å². The van der Waals surface area contributed by atoms with Crippen molar-refractivity contribution in [1.29, 1.82) is 0 Å². The number of methoxy groups -OCH3 is 1. The zero-order chi connectivity index (χ0) is 47.0. The van der Waals surface area contributed by atoms with E-state index in [1.807, 2.05) is 30.3 Å². The SMILES string of the molecule is COC(=O)[C@@H](CCC(=O)NCCOC(C)(C)OCCNC(=O)OCc1ccccc1)NC(=O)c1ccc(N(Cc2cnc3nc(NC(=O)C(C)C)[nH]c(=O)c3n2)C(=O)C(F)(F)F)cc1. The average Bonchev–Trinajstić information content (AvgIpc) is 3.26. The van der Waals surface area contributed by atoms with Crippen molar-refractivity contribution in [2.75, 3.05) is 43.6 Å². The number of ether oxygens (including phenoxy) is 4. The van der Waals surface area contributed by atoms with Crippen LogP contribution in [0.5, 0.6) is 0 Å². The van der Waals surface area contributed by atoms with Crippen LogP contribution in [0.3, 0.4) is 0 Å². The highest BCUT2D eigenvalue weighted by Gasteiger charge is 2.43. The summed E-state index contributed by atoms with van der Waals surface area (Å²) < 4.78 is 62.6. The summed E-state index contributed by atoms with van der Waals surface area (Å²) in [6, 6.07) is 12.2. The van der Waals surface area contributed by atoms with Gasteiger partial charge in [0.25, 0.3) is 11.5 Å². The molecular weight excluding hydrogens is 851 g/mol. The second kappa shape index (κ2) is 22.9. The quantitative estimate of drug-likeness (QED) is 0.0457. The highest BCUT2D eigenvalue weighted by atomic mass is 19.4. The van der Waals surface area contributed by atoms with Gasteiger partial charge in [0.1, 0.15) is 12.6 Å². The summed E-state index contributed by atoms with van der Waals surface area (Å²) in [5.74, 6) is -6.67. The minimum absolute atomic E-state index is 0.0405. The van der Waals surface area contributed by atoms with Crippen LogP contribution in [0.1, 0.15) is 62.2 Å². The molecular formula is C41H48F3N9O11. The van der Waals surface area contributed by atoms with E-state index in [0.717, 1.165) is 43.1 Å². The molecule has 0 aliphatic carbocycles. The smallest absolute Gasteiger partial charge is 0.467 e. The van der Waals surface area contributed by atoms with Crippen molar-refractivity contribution < 1.29 is 60.9 Å². The molecule has 0 bridgehead atoms. The molecule has 0 fully saturated rings. The Labute approximate surface area is 364 Å². The van der Waals surface area contributed by atoms with Gasteiger partial charge in [-0.3, -0.25) is 39.2 Å². The molecule has 5 amide bonds. The monoisotopic (exact) mass is 899 g/mol. The van der Waals surface area contributed by atoms with E-state index in [4.69, 9.17) is 18.9 Å². The Bertz CT molecular complexity index is 2330. The van der Waals surface area contributed by atoms with Crippen molar-refractivity contribution in [2.45, 2.75) is 71.7 Å². The van der Waals surface area contributed by atoms with Crippen LogP contribution in [-0.2, 0) is 51.3 Å². The number of esters is 1. The summed E-state index contributed by atoms with van der Waals surface area (Å²) in [5.41, 5.74) is -1.26. The number of carbonyl (C=O) groups is 6. The predicted molar refractivity (Wildman–Crippen MR) is 221 cm³/mol. The van der Waals surface area contributed by atoms with E-state index in [9.17, 15) is 46.7 Å². The van der Waals surface area contributed by atoms with Crippen LogP contribution in [-0.4, -0.2) is 107 Å². The van der Waals surface area contributed by atoms with Crippen molar-refractivity contribution in [3.63, 3.8) is 0 Å². The molecule has 1 atom stereocenters. The Kier molecular flexibility index (Phi) is 17.8. The second-order valence-electron chi connectivity index (χ2n) is 14.6. The molecule has 0 spiro atoms. The van der Waals surface area contributed by atoms with Gasteiger partial charge in [-0.15, -0.1) is 0 Å². The number of carbonyl (C=O) groups excluding carboxylic acids is 6. The summed E-state index contributed by atoms with van der Waals surface area (Å²) in [4.78, 5) is 102. The first-order valence-electron chi connectivity index (χ1n) is 19.7. The highest BCUT2D eigenvalue weighted by molar-refractivity contribution is 5.99. The predicted octanol–water partition coefficient (Wildman–Crippen LogP) is 3.27. The number of alkyl carbamates (subject to hydrolysis) is 1. The van der Waals surface area contributed by atoms with E-state index < -0.39 is 71.7 Å². The third kappa shape index (κ3) is 15.4.